The highest BCUT2D eigenvalue weighted by Crippen LogP contribution is 2.36. The standard InChI is InChI=1S/C16H26/c1-3-14-9-10-16(13(2)11-14)12-15-7-5-4-6-8-15/h4-5,14-15H,3,6-12H2,1-2H3. The van der Waals surface area contributed by atoms with Gasteiger partial charge in [0.1, 0.15) is 0 Å². The van der Waals surface area contributed by atoms with Gasteiger partial charge in [0.25, 0.3) is 0 Å². The van der Waals surface area contributed by atoms with E-state index in [2.05, 4.69) is 26.0 Å². The molecular formula is C16H26. The third kappa shape index (κ3) is 2.99. The van der Waals surface area contributed by atoms with Crippen LogP contribution >= 0.6 is 0 Å². The fourth-order valence-corrected chi connectivity index (χ4v) is 3.29. The molecule has 0 heteroatoms. The number of allylic oxidation sites excluding steroid dienone is 4. The van der Waals surface area contributed by atoms with Gasteiger partial charge in [0.2, 0.25) is 0 Å². The molecular weight excluding hydrogens is 192 g/mol. The minimum atomic E-state index is 0.952. The Morgan fingerprint density at radius 2 is 2.06 bits per heavy atom. The van der Waals surface area contributed by atoms with Gasteiger partial charge in [-0.1, -0.05) is 36.6 Å². The SMILES string of the molecule is CCC1CCC(CC2CC=CCC2)=C(C)C1. The van der Waals surface area contributed by atoms with E-state index in [1.54, 1.807) is 5.57 Å². The van der Waals surface area contributed by atoms with Crippen LogP contribution in [-0.2, 0) is 0 Å². The summed E-state index contributed by atoms with van der Waals surface area (Å²) in [4.78, 5) is 0. The van der Waals surface area contributed by atoms with Crippen molar-refractivity contribution in [1.29, 1.82) is 0 Å². The van der Waals surface area contributed by atoms with Gasteiger partial charge in [-0.15, -0.1) is 0 Å². The lowest BCUT2D eigenvalue weighted by atomic mass is 9.78. The van der Waals surface area contributed by atoms with E-state index in [0.717, 1.165) is 11.8 Å². The molecule has 0 fully saturated rings. The molecule has 0 nitrogen and oxygen atoms in total. The minimum Gasteiger partial charge on any atom is -0.0885 e. The van der Waals surface area contributed by atoms with Gasteiger partial charge in [0.15, 0.2) is 0 Å². The van der Waals surface area contributed by atoms with Gasteiger partial charge >= 0.3 is 0 Å². The summed E-state index contributed by atoms with van der Waals surface area (Å²) in [6, 6.07) is 0. The van der Waals surface area contributed by atoms with E-state index >= 15 is 0 Å². The van der Waals surface area contributed by atoms with Gasteiger partial charge in [0, 0.05) is 0 Å². The molecule has 90 valence electrons. The largest absolute Gasteiger partial charge is 0.0885 e. The Labute approximate surface area is 101 Å². The van der Waals surface area contributed by atoms with E-state index in [9.17, 15) is 0 Å². The maximum absolute atomic E-state index is 2.39. The normalized spacial score (nSPS) is 30.9. The van der Waals surface area contributed by atoms with Crippen molar-refractivity contribution in [1.82, 2.24) is 0 Å². The van der Waals surface area contributed by atoms with Crippen LogP contribution < -0.4 is 0 Å². The van der Waals surface area contributed by atoms with Crippen LogP contribution in [0, 0.1) is 11.8 Å². The van der Waals surface area contributed by atoms with Crippen LogP contribution in [0.5, 0.6) is 0 Å². The van der Waals surface area contributed by atoms with Crippen LogP contribution in [0.1, 0.15) is 65.2 Å². The zero-order chi connectivity index (χ0) is 11.4. The van der Waals surface area contributed by atoms with E-state index in [4.69, 9.17) is 0 Å². The number of hydrogen-bond acceptors (Lipinski definition) is 0. The fraction of sp³-hybridized carbons (Fsp3) is 0.750. The first-order valence-electron chi connectivity index (χ1n) is 7.12. The maximum Gasteiger partial charge on any atom is -0.0286 e. The Kier molecular flexibility index (Phi) is 4.26. The molecule has 0 heterocycles. The second kappa shape index (κ2) is 5.70. The molecule has 0 radical (unpaired) electrons. The van der Waals surface area contributed by atoms with Gasteiger partial charge in [-0.2, -0.15) is 0 Å². The third-order valence-electron chi connectivity index (χ3n) is 4.54. The summed E-state index contributed by atoms with van der Waals surface area (Å²) in [7, 11) is 0. The van der Waals surface area contributed by atoms with Crippen LogP contribution in [0.3, 0.4) is 0 Å². The quantitative estimate of drug-likeness (QED) is 0.567. The molecule has 2 unspecified atom stereocenters. The summed E-state index contributed by atoms with van der Waals surface area (Å²) in [5.41, 5.74) is 3.54. The summed E-state index contributed by atoms with van der Waals surface area (Å²) < 4.78 is 0. The maximum atomic E-state index is 2.39. The molecule has 2 atom stereocenters. The van der Waals surface area contributed by atoms with E-state index in [0.29, 0.717) is 0 Å². The van der Waals surface area contributed by atoms with Gasteiger partial charge in [0.05, 0.1) is 0 Å². The second-order valence-electron chi connectivity index (χ2n) is 5.76. The third-order valence-corrected chi connectivity index (χ3v) is 4.54. The van der Waals surface area contributed by atoms with Crippen LogP contribution in [0.4, 0.5) is 0 Å². The van der Waals surface area contributed by atoms with E-state index in [1.807, 2.05) is 5.57 Å². The fourth-order valence-electron chi connectivity index (χ4n) is 3.29. The number of rotatable bonds is 3. The first-order valence-corrected chi connectivity index (χ1v) is 7.12. The lowest BCUT2D eigenvalue weighted by Crippen LogP contribution is -2.12. The van der Waals surface area contributed by atoms with Gasteiger partial charge in [-0.3, -0.25) is 0 Å². The lowest BCUT2D eigenvalue weighted by Gasteiger charge is -2.28. The summed E-state index contributed by atoms with van der Waals surface area (Å²) in [6.45, 7) is 4.73. The topological polar surface area (TPSA) is 0 Å². The molecule has 2 aliphatic carbocycles. The van der Waals surface area contributed by atoms with Crippen molar-refractivity contribution in [2.24, 2.45) is 11.8 Å². The molecule has 2 rings (SSSR count). The van der Waals surface area contributed by atoms with Crippen molar-refractivity contribution in [2.75, 3.05) is 0 Å². The Hall–Kier alpha value is -0.520. The highest BCUT2D eigenvalue weighted by Gasteiger charge is 2.20. The monoisotopic (exact) mass is 218 g/mol. The van der Waals surface area contributed by atoms with Crippen LogP contribution in [0.2, 0.25) is 0 Å². The van der Waals surface area contributed by atoms with Crippen LogP contribution in [0.15, 0.2) is 23.3 Å². The molecule has 0 saturated heterocycles. The molecule has 0 aromatic carbocycles. The second-order valence-corrected chi connectivity index (χ2v) is 5.76. The van der Waals surface area contributed by atoms with Crippen molar-refractivity contribution in [2.45, 2.75) is 65.2 Å². The molecule has 0 spiro atoms. The van der Waals surface area contributed by atoms with Crippen molar-refractivity contribution in [3.8, 4) is 0 Å². The molecule has 0 bridgehead atoms. The van der Waals surface area contributed by atoms with E-state index in [-0.39, 0.29) is 0 Å². The Morgan fingerprint density at radius 1 is 1.19 bits per heavy atom. The molecule has 0 amide bonds. The minimum absolute atomic E-state index is 0.952. The smallest absolute Gasteiger partial charge is 0.0286 e. The summed E-state index contributed by atoms with van der Waals surface area (Å²) in [6.07, 6.45) is 15.8. The van der Waals surface area contributed by atoms with Crippen LogP contribution in [-0.4, -0.2) is 0 Å². The van der Waals surface area contributed by atoms with Crippen molar-refractivity contribution < 1.29 is 0 Å². The molecule has 16 heavy (non-hydrogen) atoms. The van der Waals surface area contributed by atoms with Crippen molar-refractivity contribution >= 4 is 0 Å². The first-order chi connectivity index (χ1) is 7.79. The predicted octanol–water partition coefficient (Wildman–Crippen LogP) is 5.26. The van der Waals surface area contributed by atoms with Crippen molar-refractivity contribution in [3.05, 3.63) is 23.3 Å². The van der Waals surface area contributed by atoms with E-state index in [1.165, 1.54) is 51.4 Å². The molecule has 0 aromatic rings. The van der Waals surface area contributed by atoms with E-state index < -0.39 is 0 Å². The molecule has 0 N–H and O–H groups in total. The summed E-state index contributed by atoms with van der Waals surface area (Å²) in [5, 5.41) is 0. The highest BCUT2D eigenvalue weighted by molar-refractivity contribution is 5.17. The van der Waals surface area contributed by atoms with Gasteiger partial charge in [-0.05, 0) is 63.7 Å². The summed E-state index contributed by atoms with van der Waals surface area (Å²) >= 11 is 0. The average molecular weight is 218 g/mol. The zero-order valence-corrected chi connectivity index (χ0v) is 11.0. The molecule has 2 aliphatic rings. The Bertz CT molecular complexity index is 282. The molecule has 0 aliphatic heterocycles. The lowest BCUT2D eigenvalue weighted by molar-refractivity contribution is 0.409. The van der Waals surface area contributed by atoms with Gasteiger partial charge < -0.3 is 0 Å². The van der Waals surface area contributed by atoms with Crippen LogP contribution in [0.25, 0.3) is 0 Å². The summed E-state index contributed by atoms with van der Waals surface area (Å²) in [5.74, 6) is 1.93. The molecule has 0 aromatic heterocycles. The zero-order valence-electron chi connectivity index (χ0n) is 11.0. The highest BCUT2D eigenvalue weighted by atomic mass is 14.3. The predicted molar refractivity (Wildman–Crippen MR) is 71.4 cm³/mol. The Balaban J connectivity index is 1.91. The first kappa shape index (κ1) is 12.0. The van der Waals surface area contributed by atoms with Crippen molar-refractivity contribution in [3.63, 3.8) is 0 Å². The average Bonchev–Trinajstić information content (AvgIpc) is 2.33. The molecule has 0 saturated carbocycles. The number of hydrogen-bond donors (Lipinski definition) is 0. The van der Waals surface area contributed by atoms with Gasteiger partial charge in [-0.25, -0.2) is 0 Å². The Morgan fingerprint density at radius 3 is 2.69 bits per heavy atom.